The van der Waals surface area contributed by atoms with Crippen molar-refractivity contribution in [2.45, 2.75) is 26.1 Å². The van der Waals surface area contributed by atoms with Crippen LogP contribution in [-0.2, 0) is 13.0 Å². The molecule has 1 atom stereocenters. The summed E-state index contributed by atoms with van der Waals surface area (Å²) in [6, 6.07) is 0. The summed E-state index contributed by atoms with van der Waals surface area (Å²) in [5.74, 6) is 0. The van der Waals surface area contributed by atoms with Crippen molar-refractivity contribution < 1.29 is 4.39 Å². The van der Waals surface area contributed by atoms with E-state index in [9.17, 15) is 14.0 Å². The number of hydrogen-bond acceptors (Lipinski definition) is 2. The maximum Gasteiger partial charge on any atom is 0.328 e. The Labute approximate surface area is 73.0 Å². The average molecular weight is 184 g/mol. The minimum absolute atomic E-state index is 0.0613. The predicted molar refractivity (Wildman–Crippen MR) is 44.7 cm³/mol. The second-order valence-corrected chi connectivity index (χ2v) is 3.24. The van der Waals surface area contributed by atoms with Gasteiger partial charge in [-0.2, -0.15) is 0 Å². The molecule has 0 saturated heterocycles. The summed E-state index contributed by atoms with van der Waals surface area (Å²) in [4.78, 5) is 24.4. The van der Waals surface area contributed by atoms with Crippen LogP contribution in [0.4, 0.5) is 4.39 Å². The topological polar surface area (TPSA) is 54.9 Å². The van der Waals surface area contributed by atoms with Crippen molar-refractivity contribution in [3.8, 4) is 0 Å². The highest BCUT2D eigenvalue weighted by atomic mass is 19.1. The van der Waals surface area contributed by atoms with Crippen molar-refractivity contribution >= 4 is 0 Å². The van der Waals surface area contributed by atoms with Crippen LogP contribution in [0.2, 0.25) is 0 Å². The van der Waals surface area contributed by atoms with Gasteiger partial charge in [-0.05, 0) is 6.92 Å². The fourth-order valence-corrected chi connectivity index (χ4v) is 1.64. The quantitative estimate of drug-likeness (QED) is 0.604. The van der Waals surface area contributed by atoms with Crippen LogP contribution in [0, 0.1) is 6.92 Å². The normalized spacial score (nSPS) is 20.3. The van der Waals surface area contributed by atoms with Crippen LogP contribution in [0.3, 0.4) is 0 Å². The van der Waals surface area contributed by atoms with E-state index in [2.05, 4.69) is 4.98 Å². The van der Waals surface area contributed by atoms with Crippen LogP contribution in [0.25, 0.3) is 0 Å². The highest BCUT2D eigenvalue weighted by Gasteiger charge is 2.24. The standard InChI is InChI=1S/C8H9FN2O2/c1-4-6-2-5(9)3-11(6)8(13)10-7(4)12/h5H,2-3H2,1H3,(H,10,12,13). The van der Waals surface area contributed by atoms with E-state index in [0.717, 1.165) is 0 Å². The number of halogens is 1. The van der Waals surface area contributed by atoms with E-state index in [1.165, 1.54) is 4.57 Å². The maximum absolute atomic E-state index is 12.9. The molecule has 1 aliphatic heterocycles. The molecule has 1 unspecified atom stereocenters. The summed E-state index contributed by atoms with van der Waals surface area (Å²) in [7, 11) is 0. The highest BCUT2D eigenvalue weighted by Crippen LogP contribution is 2.15. The molecule has 1 aromatic rings. The minimum atomic E-state index is -1.04. The van der Waals surface area contributed by atoms with E-state index in [1.54, 1.807) is 6.92 Å². The fourth-order valence-electron chi connectivity index (χ4n) is 1.64. The predicted octanol–water partition coefficient (Wildman–Crippen LogP) is -0.261. The third-order valence-corrected chi connectivity index (χ3v) is 2.36. The SMILES string of the molecule is Cc1c2n(c(=O)[nH]c1=O)CC(F)C2. The second-order valence-electron chi connectivity index (χ2n) is 3.24. The van der Waals surface area contributed by atoms with Crippen LogP contribution in [0.5, 0.6) is 0 Å². The number of alkyl halides is 1. The van der Waals surface area contributed by atoms with Crippen LogP contribution in [-0.4, -0.2) is 15.7 Å². The average Bonchev–Trinajstić information content (AvgIpc) is 2.44. The molecule has 2 rings (SSSR count). The Balaban J connectivity index is 2.77. The molecule has 0 aromatic carbocycles. The number of fused-ring (bicyclic) bond motifs is 1. The van der Waals surface area contributed by atoms with Gasteiger partial charge in [0.05, 0.1) is 6.54 Å². The van der Waals surface area contributed by atoms with E-state index in [-0.39, 0.29) is 13.0 Å². The number of nitrogens with one attached hydrogen (secondary N) is 1. The molecule has 0 saturated carbocycles. The van der Waals surface area contributed by atoms with Gasteiger partial charge in [-0.15, -0.1) is 0 Å². The van der Waals surface area contributed by atoms with Gasteiger partial charge < -0.3 is 0 Å². The van der Waals surface area contributed by atoms with Crippen molar-refractivity contribution in [1.29, 1.82) is 0 Å². The third-order valence-electron chi connectivity index (χ3n) is 2.36. The van der Waals surface area contributed by atoms with E-state index in [1.807, 2.05) is 0 Å². The number of nitrogens with zero attached hydrogens (tertiary/aromatic N) is 1. The molecule has 4 nitrogen and oxygen atoms in total. The molecule has 1 N–H and O–H groups in total. The summed E-state index contributed by atoms with van der Waals surface area (Å²) in [6.07, 6.45) is -0.869. The molecule has 0 fully saturated rings. The molecule has 0 spiro atoms. The number of aromatic amines is 1. The summed E-state index contributed by atoms with van der Waals surface area (Å²) in [5.41, 5.74) is 0.0529. The molecule has 1 aromatic heterocycles. The van der Waals surface area contributed by atoms with E-state index < -0.39 is 17.4 Å². The zero-order valence-electron chi connectivity index (χ0n) is 7.13. The van der Waals surface area contributed by atoms with Crippen molar-refractivity contribution in [2.75, 3.05) is 0 Å². The molecule has 5 heteroatoms. The van der Waals surface area contributed by atoms with Crippen molar-refractivity contribution in [3.63, 3.8) is 0 Å². The highest BCUT2D eigenvalue weighted by molar-refractivity contribution is 5.19. The lowest BCUT2D eigenvalue weighted by molar-refractivity contribution is 0.327. The molecule has 0 aliphatic carbocycles. The molecule has 0 bridgehead atoms. The summed E-state index contributed by atoms with van der Waals surface area (Å²) >= 11 is 0. The fraction of sp³-hybridized carbons (Fsp3) is 0.500. The van der Waals surface area contributed by atoms with Gasteiger partial charge >= 0.3 is 5.69 Å². The van der Waals surface area contributed by atoms with Gasteiger partial charge in [0.1, 0.15) is 6.17 Å². The Morgan fingerprint density at radius 1 is 1.54 bits per heavy atom. The lowest BCUT2D eigenvalue weighted by atomic mass is 10.2. The van der Waals surface area contributed by atoms with Gasteiger partial charge in [0.25, 0.3) is 5.56 Å². The monoisotopic (exact) mass is 184 g/mol. The molecule has 0 radical (unpaired) electrons. The minimum Gasteiger partial charge on any atom is -0.294 e. The van der Waals surface area contributed by atoms with Crippen LogP contribution in [0.15, 0.2) is 9.59 Å². The van der Waals surface area contributed by atoms with Crippen LogP contribution < -0.4 is 11.2 Å². The Kier molecular flexibility index (Phi) is 1.61. The van der Waals surface area contributed by atoms with Gasteiger partial charge in [0, 0.05) is 17.7 Å². The number of hydrogen-bond donors (Lipinski definition) is 1. The molecular weight excluding hydrogens is 175 g/mol. The molecule has 0 amide bonds. The molecule has 1 aliphatic rings. The van der Waals surface area contributed by atoms with Crippen molar-refractivity contribution in [3.05, 3.63) is 32.1 Å². The first-order valence-corrected chi connectivity index (χ1v) is 4.06. The first-order chi connectivity index (χ1) is 6.09. The van der Waals surface area contributed by atoms with Gasteiger partial charge in [0.15, 0.2) is 0 Å². The summed E-state index contributed by atoms with van der Waals surface area (Å²) in [5, 5.41) is 0. The Morgan fingerprint density at radius 2 is 2.23 bits per heavy atom. The summed E-state index contributed by atoms with van der Waals surface area (Å²) < 4.78 is 14.2. The lowest BCUT2D eigenvalue weighted by Gasteiger charge is -2.02. The van der Waals surface area contributed by atoms with Gasteiger partial charge in [-0.3, -0.25) is 14.3 Å². The smallest absolute Gasteiger partial charge is 0.294 e. The number of H-pyrrole nitrogens is 1. The Hall–Kier alpha value is -1.39. The van der Waals surface area contributed by atoms with Crippen LogP contribution >= 0.6 is 0 Å². The van der Waals surface area contributed by atoms with Gasteiger partial charge in [-0.1, -0.05) is 0 Å². The first-order valence-electron chi connectivity index (χ1n) is 4.06. The molecular formula is C8H9FN2O2. The van der Waals surface area contributed by atoms with E-state index in [0.29, 0.717) is 11.3 Å². The zero-order valence-corrected chi connectivity index (χ0v) is 7.13. The third kappa shape index (κ3) is 1.11. The molecule has 13 heavy (non-hydrogen) atoms. The van der Waals surface area contributed by atoms with Crippen LogP contribution in [0.1, 0.15) is 11.3 Å². The number of aromatic nitrogens is 2. The molecule has 2 heterocycles. The molecule has 70 valence electrons. The summed E-state index contributed by atoms with van der Waals surface area (Å²) in [6.45, 7) is 1.66. The lowest BCUT2D eigenvalue weighted by Crippen LogP contribution is -2.31. The van der Waals surface area contributed by atoms with E-state index >= 15 is 0 Å². The van der Waals surface area contributed by atoms with Gasteiger partial charge in [-0.25, -0.2) is 9.18 Å². The van der Waals surface area contributed by atoms with Crippen molar-refractivity contribution in [2.24, 2.45) is 0 Å². The van der Waals surface area contributed by atoms with E-state index in [4.69, 9.17) is 0 Å². The Bertz CT molecular complexity index is 460. The zero-order chi connectivity index (χ0) is 9.59. The van der Waals surface area contributed by atoms with Crippen molar-refractivity contribution in [1.82, 2.24) is 9.55 Å². The van der Waals surface area contributed by atoms with Gasteiger partial charge in [0.2, 0.25) is 0 Å². The maximum atomic E-state index is 12.9. The number of rotatable bonds is 0. The Morgan fingerprint density at radius 3 is 2.92 bits per heavy atom. The largest absolute Gasteiger partial charge is 0.328 e. The second kappa shape index (κ2) is 2.55. The first kappa shape index (κ1) is 8.22.